The van der Waals surface area contributed by atoms with Crippen molar-refractivity contribution in [1.29, 1.82) is 0 Å². The number of nitrogens with zero attached hydrogens (tertiary/aromatic N) is 3. The zero-order valence-corrected chi connectivity index (χ0v) is 34.4. The van der Waals surface area contributed by atoms with Crippen LogP contribution in [0.3, 0.4) is 0 Å². The maximum atomic E-state index is 5.18. The third kappa shape index (κ3) is 5.20. The van der Waals surface area contributed by atoms with Crippen LogP contribution in [0.5, 0.6) is 0 Å². The van der Waals surface area contributed by atoms with Crippen LogP contribution in [0, 0.1) is 5.92 Å². The van der Waals surface area contributed by atoms with Gasteiger partial charge in [0.05, 0.1) is 5.41 Å². The van der Waals surface area contributed by atoms with Crippen LogP contribution in [0.1, 0.15) is 28.2 Å². The highest BCUT2D eigenvalue weighted by molar-refractivity contribution is 7.25. The predicted molar refractivity (Wildman–Crippen MR) is 256 cm³/mol. The second-order valence-corrected chi connectivity index (χ2v) is 17.7. The van der Waals surface area contributed by atoms with E-state index in [0.29, 0.717) is 23.4 Å². The number of rotatable bonds is 5. The van der Waals surface area contributed by atoms with E-state index in [2.05, 4.69) is 194 Å². The van der Waals surface area contributed by atoms with E-state index in [4.69, 9.17) is 15.0 Å². The molecule has 0 saturated heterocycles. The van der Waals surface area contributed by atoms with Crippen molar-refractivity contribution in [1.82, 2.24) is 15.0 Å². The fourth-order valence-corrected chi connectivity index (χ4v) is 12.0. The van der Waals surface area contributed by atoms with Crippen molar-refractivity contribution >= 4 is 31.5 Å². The number of hydrogen-bond acceptors (Lipinski definition) is 4. The van der Waals surface area contributed by atoms with Gasteiger partial charge in [0.25, 0.3) is 0 Å². The summed E-state index contributed by atoms with van der Waals surface area (Å²) >= 11 is 1.80. The van der Waals surface area contributed by atoms with Gasteiger partial charge in [-0.05, 0) is 79.9 Å². The molecule has 13 rings (SSSR count). The molecule has 2 heterocycles. The average Bonchev–Trinajstić information content (AvgIpc) is 3.98. The Labute approximate surface area is 364 Å². The van der Waals surface area contributed by atoms with Gasteiger partial charge >= 0.3 is 0 Å². The Morgan fingerprint density at radius 2 is 0.968 bits per heavy atom. The van der Waals surface area contributed by atoms with Gasteiger partial charge in [0.1, 0.15) is 0 Å². The van der Waals surface area contributed by atoms with Crippen molar-refractivity contribution in [2.45, 2.75) is 11.3 Å². The minimum atomic E-state index is -0.310. The first-order chi connectivity index (χ1) is 30.7. The Kier molecular flexibility index (Phi) is 7.82. The highest BCUT2D eigenvalue weighted by atomic mass is 32.1. The molecule has 1 spiro atoms. The first kappa shape index (κ1) is 35.2. The molecule has 0 N–H and O–H groups in total. The molecule has 3 unspecified atom stereocenters. The van der Waals surface area contributed by atoms with Crippen LogP contribution < -0.4 is 0 Å². The van der Waals surface area contributed by atoms with Gasteiger partial charge < -0.3 is 0 Å². The first-order valence-electron chi connectivity index (χ1n) is 21.3. The Morgan fingerprint density at radius 3 is 1.82 bits per heavy atom. The van der Waals surface area contributed by atoms with E-state index in [1.807, 2.05) is 18.2 Å². The lowest BCUT2D eigenvalue weighted by molar-refractivity contribution is 0.466. The van der Waals surface area contributed by atoms with Crippen LogP contribution in [0.15, 0.2) is 212 Å². The lowest BCUT2D eigenvalue weighted by atomic mass is 9.64. The second-order valence-electron chi connectivity index (χ2n) is 16.6. The van der Waals surface area contributed by atoms with E-state index >= 15 is 0 Å². The summed E-state index contributed by atoms with van der Waals surface area (Å²) in [5.41, 5.74) is 15.6. The molecular formula is C58H37N3S. The van der Waals surface area contributed by atoms with E-state index in [1.165, 1.54) is 64.7 Å². The topological polar surface area (TPSA) is 38.7 Å². The first-order valence-corrected chi connectivity index (χ1v) is 22.2. The number of aromatic nitrogens is 3. The minimum absolute atomic E-state index is 0.270. The molecule has 0 radical (unpaired) electrons. The maximum Gasteiger partial charge on any atom is 0.164 e. The molecule has 0 aliphatic heterocycles. The summed E-state index contributed by atoms with van der Waals surface area (Å²) < 4.78 is 2.50. The Balaban J connectivity index is 0.940. The number of hydrogen-bond donors (Lipinski definition) is 0. The van der Waals surface area contributed by atoms with Crippen LogP contribution in [0.25, 0.3) is 87.7 Å². The molecule has 0 fully saturated rings. The van der Waals surface area contributed by atoms with Crippen molar-refractivity contribution in [3.8, 4) is 67.5 Å². The zero-order valence-electron chi connectivity index (χ0n) is 33.6. The van der Waals surface area contributed by atoms with E-state index < -0.39 is 0 Å². The number of allylic oxidation sites excluding steroid dienone is 4. The summed E-state index contributed by atoms with van der Waals surface area (Å²) in [6.45, 7) is 0. The summed E-state index contributed by atoms with van der Waals surface area (Å²) in [5.74, 6) is 2.54. The van der Waals surface area contributed by atoms with Crippen LogP contribution in [-0.4, -0.2) is 15.0 Å². The predicted octanol–water partition coefficient (Wildman–Crippen LogP) is 14.7. The molecule has 3 nitrogen and oxygen atoms in total. The molecule has 8 aromatic carbocycles. The van der Waals surface area contributed by atoms with Gasteiger partial charge in [0.15, 0.2) is 17.5 Å². The minimum Gasteiger partial charge on any atom is -0.208 e. The fourth-order valence-electron chi connectivity index (χ4n) is 10.8. The van der Waals surface area contributed by atoms with Gasteiger partial charge in [0.2, 0.25) is 0 Å². The standard InChI is InChI=1S/C58H37N3S/c1-2-15-36(16-3-1)55-59-56(61-57(60-55)41-31-32-47-46-24-7-11-30-52(46)62-53(47)35-41)40-20-13-18-38(34-40)37-17-12-19-39(33-37)42-25-14-26-48-45-23-6-10-29-51(45)58(54(42)48)49-27-8-4-21-43(49)44-22-5-9-28-50(44)58/h1-35,43,49H. The molecule has 62 heavy (non-hydrogen) atoms. The van der Waals surface area contributed by atoms with Gasteiger partial charge in [-0.2, -0.15) is 0 Å². The Hall–Kier alpha value is -7.53. The van der Waals surface area contributed by atoms with E-state index in [0.717, 1.165) is 27.8 Å². The van der Waals surface area contributed by atoms with Crippen molar-refractivity contribution in [3.63, 3.8) is 0 Å². The summed E-state index contributed by atoms with van der Waals surface area (Å²) in [6.07, 6.45) is 9.37. The molecule has 3 atom stereocenters. The van der Waals surface area contributed by atoms with E-state index in [1.54, 1.807) is 11.3 Å². The summed E-state index contributed by atoms with van der Waals surface area (Å²) in [5, 5.41) is 2.53. The van der Waals surface area contributed by atoms with Crippen LogP contribution >= 0.6 is 11.3 Å². The molecular weight excluding hydrogens is 771 g/mol. The van der Waals surface area contributed by atoms with Gasteiger partial charge in [0, 0.05) is 48.7 Å². The maximum absolute atomic E-state index is 5.18. The van der Waals surface area contributed by atoms with E-state index in [9.17, 15) is 0 Å². The van der Waals surface area contributed by atoms with Crippen molar-refractivity contribution < 1.29 is 0 Å². The van der Waals surface area contributed by atoms with Gasteiger partial charge in [-0.1, -0.05) is 188 Å². The Morgan fingerprint density at radius 1 is 0.387 bits per heavy atom. The summed E-state index contributed by atoms with van der Waals surface area (Å²) in [6, 6.07) is 68.3. The van der Waals surface area contributed by atoms with Crippen molar-refractivity contribution in [2.75, 3.05) is 0 Å². The quantitative estimate of drug-likeness (QED) is 0.174. The van der Waals surface area contributed by atoms with Gasteiger partial charge in [-0.25, -0.2) is 15.0 Å². The normalized spacial score (nSPS) is 17.9. The number of fused-ring (bicyclic) bond motifs is 13. The second kappa shape index (κ2) is 13.8. The van der Waals surface area contributed by atoms with Crippen LogP contribution in [-0.2, 0) is 5.41 Å². The number of thiophene rings is 1. The third-order valence-corrected chi connectivity index (χ3v) is 14.5. The lowest BCUT2D eigenvalue weighted by Crippen LogP contribution is -2.33. The largest absolute Gasteiger partial charge is 0.208 e. The summed E-state index contributed by atoms with van der Waals surface area (Å²) in [4.78, 5) is 15.4. The third-order valence-electron chi connectivity index (χ3n) is 13.4. The molecule has 0 bridgehead atoms. The SMILES string of the molecule is C1=CC2c3ccccc3C3(c4ccccc4-c4cccc(-c5cccc(-c6cccc(-c7nc(-c8ccccc8)nc(-c8ccc9c(c8)sc8ccccc89)n7)c6)c5)c43)C2C=C1. The van der Waals surface area contributed by atoms with Crippen LogP contribution in [0.2, 0.25) is 0 Å². The zero-order chi connectivity index (χ0) is 40.8. The molecule has 3 aliphatic rings. The van der Waals surface area contributed by atoms with Crippen molar-refractivity contribution in [2.24, 2.45) is 5.92 Å². The van der Waals surface area contributed by atoms with E-state index in [-0.39, 0.29) is 11.3 Å². The molecule has 0 saturated carbocycles. The highest BCUT2D eigenvalue weighted by Crippen LogP contribution is 2.66. The fraction of sp³-hybridized carbons (Fsp3) is 0.0517. The molecule has 2 aromatic heterocycles. The monoisotopic (exact) mass is 807 g/mol. The van der Waals surface area contributed by atoms with Crippen molar-refractivity contribution in [3.05, 3.63) is 235 Å². The smallest absolute Gasteiger partial charge is 0.164 e. The summed E-state index contributed by atoms with van der Waals surface area (Å²) in [7, 11) is 0. The number of benzene rings is 8. The Bertz CT molecular complexity index is 3510. The van der Waals surface area contributed by atoms with Gasteiger partial charge in [-0.15, -0.1) is 11.3 Å². The van der Waals surface area contributed by atoms with Gasteiger partial charge in [-0.3, -0.25) is 0 Å². The highest BCUT2D eigenvalue weighted by Gasteiger charge is 2.57. The molecule has 4 heteroatoms. The lowest BCUT2D eigenvalue weighted by Gasteiger charge is -2.37. The molecule has 290 valence electrons. The molecule has 10 aromatic rings. The van der Waals surface area contributed by atoms with Crippen LogP contribution in [0.4, 0.5) is 0 Å². The molecule has 0 amide bonds. The average molecular weight is 808 g/mol. The molecule has 3 aliphatic carbocycles.